The van der Waals surface area contributed by atoms with Crippen LogP contribution in [-0.4, -0.2) is 29.6 Å². The maximum atomic E-state index is 4.57. The molecular weight excluding hydrogens is 212 g/mol. The van der Waals surface area contributed by atoms with Crippen LogP contribution >= 0.6 is 0 Å². The first-order chi connectivity index (χ1) is 8.22. The molecule has 1 unspecified atom stereocenters. The van der Waals surface area contributed by atoms with Gasteiger partial charge in [-0.2, -0.15) is 0 Å². The number of hydrogen-bond donors (Lipinski definition) is 1. The van der Waals surface area contributed by atoms with E-state index < -0.39 is 0 Å². The average molecular weight is 236 g/mol. The molecule has 4 heteroatoms. The van der Waals surface area contributed by atoms with Crippen LogP contribution in [0.2, 0.25) is 0 Å². The van der Waals surface area contributed by atoms with Crippen LogP contribution in [0.1, 0.15) is 40.0 Å². The highest BCUT2D eigenvalue weighted by Crippen LogP contribution is 2.17. The number of aromatic nitrogens is 2. The Morgan fingerprint density at radius 2 is 2.12 bits per heavy atom. The number of nitrogens with one attached hydrogen (secondary N) is 1. The van der Waals surface area contributed by atoms with E-state index in [1.54, 1.807) is 6.20 Å². The molecule has 0 aliphatic rings. The molecule has 0 saturated heterocycles. The first kappa shape index (κ1) is 13.7. The number of unbranched alkanes of at least 4 members (excludes halogenated alkanes) is 1. The molecule has 0 bridgehead atoms. The van der Waals surface area contributed by atoms with E-state index in [1.165, 1.54) is 12.8 Å². The van der Waals surface area contributed by atoms with Crippen LogP contribution in [0.25, 0.3) is 0 Å². The normalized spacial score (nSPS) is 12.2. The van der Waals surface area contributed by atoms with Crippen LogP contribution in [-0.2, 0) is 0 Å². The second kappa shape index (κ2) is 7.09. The average Bonchev–Trinajstić information content (AvgIpc) is 2.39. The van der Waals surface area contributed by atoms with Gasteiger partial charge < -0.3 is 10.2 Å². The zero-order valence-electron chi connectivity index (χ0n) is 11.4. The van der Waals surface area contributed by atoms with Crippen LogP contribution in [0.4, 0.5) is 11.6 Å². The van der Waals surface area contributed by atoms with Crippen molar-refractivity contribution in [2.75, 3.05) is 23.8 Å². The van der Waals surface area contributed by atoms with E-state index in [4.69, 9.17) is 0 Å². The summed E-state index contributed by atoms with van der Waals surface area (Å²) in [5, 5.41) is 3.03. The minimum atomic E-state index is 0.503. The van der Waals surface area contributed by atoms with Gasteiger partial charge >= 0.3 is 0 Å². The van der Waals surface area contributed by atoms with E-state index in [2.05, 4.69) is 41.0 Å². The van der Waals surface area contributed by atoms with Gasteiger partial charge in [0.25, 0.3) is 0 Å². The van der Waals surface area contributed by atoms with Crippen molar-refractivity contribution in [3.05, 3.63) is 12.4 Å². The van der Waals surface area contributed by atoms with Gasteiger partial charge in [-0.05, 0) is 19.8 Å². The fraction of sp³-hybridized carbons (Fsp3) is 0.692. The van der Waals surface area contributed by atoms with Gasteiger partial charge in [0.15, 0.2) is 0 Å². The molecule has 0 fully saturated rings. The molecule has 0 saturated carbocycles. The van der Waals surface area contributed by atoms with Crippen molar-refractivity contribution in [1.29, 1.82) is 0 Å². The third kappa shape index (κ3) is 3.88. The van der Waals surface area contributed by atoms with E-state index in [-0.39, 0.29) is 0 Å². The molecule has 1 aromatic rings. The fourth-order valence-corrected chi connectivity index (χ4v) is 1.72. The van der Waals surface area contributed by atoms with E-state index in [1.807, 2.05) is 13.2 Å². The van der Waals surface area contributed by atoms with Gasteiger partial charge in [-0.25, -0.2) is 4.98 Å². The second-order valence-corrected chi connectivity index (χ2v) is 4.32. The summed E-state index contributed by atoms with van der Waals surface area (Å²) < 4.78 is 0. The minimum absolute atomic E-state index is 0.503. The smallest absolute Gasteiger partial charge is 0.149 e. The highest BCUT2D eigenvalue weighted by Gasteiger charge is 2.14. The zero-order chi connectivity index (χ0) is 12.7. The largest absolute Gasteiger partial charge is 0.372 e. The van der Waals surface area contributed by atoms with Gasteiger partial charge in [-0.1, -0.05) is 20.3 Å². The van der Waals surface area contributed by atoms with Gasteiger partial charge in [0.05, 0.1) is 12.4 Å². The Bertz CT molecular complexity index is 327. The zero-order valence-corrected chi connectivity index (χ0v) is 11.4. The molecule has 0 radical (unpaired) electrons. The molecule has 0 spiro atoms. The van der Waals surface area contributed by atoms with Crippen molar-refractivity contribution in [3.63, 3.8) is 0 Å². The summed E-state index contributed by atoms with van der Waals surface area (Å²) in [5.74, 6) is 1.80. The molecule has 0 aliphatic carbocycles. The molecule has 1 N–H and O–H groups in total. The predicted octanol–water partition coefficient (Wildman–Crippen LogP) is 2.92. The molecule has 1 atom stereocenters. The Morgan fingerprint density at radius 1 is 1.35 bits per heavy atom. The Labute approximate surface area is 104 Å². The molecule has 0 aliphatic heterocycles. The topological polar surface area (TPSA) is 41.1 Å². The molecule has 1 heterocycles. The van der Waals surface area contributed by atoms with Crippen molar-refractivity contribution in [3.8, 4) is 0 Å². The summed E-state index contributed by atoms with van der Waals surface area (Å²) in [6.07, 6.45) is 7.11. The van der Waals surface area contributed by atoms with Gasteiger partial charge in [0, 0.05) is 19.6 Å². The van der Waals surface area contributed by atoms with Crippen LogP contribution in [0.3, 0.4) is 0 Å². The van der Waals surface area contributed by atoms with Crippen molar-refractivity contribution in [2.24, 2.45) is 0 Å². The standard InChI is InChI=1S/C13H24N4/c1-5-7-8-17(11(3)6-2)13-10-15-9-12(14-4)16-13/h9-11H,5-8H2,1-4H3,(H,14,16). The lowest BCUT2D eigenvalue weighted by molar-refractivity contribution is 0.589. The molecule has 1 aromatic heterocycles. The van der Waals surface area contributed by atoms with Gasteiger partial charge in [0.2, 0.25) is 0 Å². The van der Waals surface area contributed by atoms with E-state index in [0.717, 1.165) is 24.6 Å². The lowest BCUT2D eigenvalue weighted by Crippen LogP contribution is -2.34. The quantitative estimate of drug-likeness (QED) is 0.790. The van der Waals surface area contributed by atoms with Gasteiger partial charge in [0.1, 0.15) is 11.6 Å². The fourth-order valence-electron chi connectivity index (χ4n) is 1.72. The third-order valence-electron chi connectivity index (χ3n) is 3.05. The SMILES string of the molecule is CCCCN(c1cncc(NC)n1)C(C)CC. The van der Waals surface area contributed by atoms with E-state index >= 15 is 0 Å². The van der Waals surface area contributed by atoms with Crippen molar-refractivity contribution in [1.82, 2.24) is 9.97 Å². The molecule has 96 valence electrons. The number of hydrogen-bond acceptors (Lipinski definition) is 4. The van der Waals surface area contributed by atoms with Crippen molar-refractivity contribution in [2.45, 2.75) is 46.1 Å². The van der Waals surface area contributed by atoms with Crippen molar-refractivity contribution >= 4 is 11.6 Å². The lowest BCUT2D eigenvalue weighted by atomic mass is 10.2. The summed E-state index contributed by atoms with van der Waals surface area (Å²) in [7, 11) is 1.87. The third-order valence-corrected chi connectivity index (χ3v) is 3.05. The minimum Gasteiger partial charge on any atom is -0.372 e. The Kier molecular flexibility index (Phi) is 5.73. The molecule has 4 nitrogen and oxygen atoms in total. The highest BCUT2D eigenvalue weighted by molar-refractivity contribution is 5.44. The molecular formula is C13H24N4. The summed E-state index contributed by atoms with van der Waals surface area (Å²) in [6.45, 7) is 7.71. The number of nitrogens with zero attached hydrogens (tertiary/aromatic N) is 3. The molecule has 0 aromatic carbocycles. The predicted molar refractivity (Wildman–Crippen MR) is 73.6 cm³/mol. The lowest BCUT2D eigenvalue weighted by Gasteiger charge is -2.29. The van der Waals surface area contributed by atoms with E-state index in [0.29, 0.717) is 6.04 Å². The highest BCUT2D eigenvalue weighted by atomic mass is 15.2. The molecule has 0 amide bonds. The van der Waals surface area contributed by atoms with Crippen LogP contribution in [0, 0.1) is 0 Å². The maximum Gasteiger partial charge on any atom is 0.149 e. The summed E-state index contributed by atoms with van der Waals surface area (Å²) in [6, 6.07) is 0.503. The van der Waals surface area contributed by atoms with Gasteiger partial charge in [-0.15, -0.1) is 0 Å². The van der Waals surface area contributed by atoms with Crippen molar-refractivity contribution < 1.29 is 0 Å². The summed E-state index contributed by atoms with van der Waals surface area (Å²) >= 11 is 0. The summed E-state index contributed by atoms with van der Waals surface area (Å²) in [5.41, 5.74) is 0. The van der Waals surface area contributed by atoms with E-state index in [9.17, 15) is 0 Å². The number of rotatable bonds is 7. The molecule has 17 heavy (non-hydrogen) atoms. The first-order valence-corrected chi connectivity index (χ1v) is 6.49. The summed E-state index contributed by atoms with van der Waals surface area (Å²) in [4.78, 5) is 11.1. The maximum absolute atomic E-state index is 4.57. The first-order valence-electron chi connectivity index (χ1n) is 6.49. The monoisotopic (exact) mass is 236 g/mol. The molecule has 1 rings (SSSR count). The Hall–Kier alpha value is -1.32. The van der Waals surface area contributed by atoms with Crippen LogP contribution < -0.4 is 10.2 Å². The Morgan fingerprint density at radius 3 is 2.71 bits per heavy atom. The van der Waals surface area contributed by atoms with Crippen LogP contribution in [0.5, 0.6) is 0 Å². The van der Waals surface area contributed by atoms with Crippen LogP contribution in [0.15, 0.2) is 12.4 Å². The number of anilines is 2. The second-order valence-electron chi connectivity index (χ2n) is 4.32. The van der Waals surface area contributed by atoms with Gasteiger partial charge in [-0.3, -0.25) is 4.98 Å². The Balaban J connectivity index is 2.86.